The number of nitrogens with zero attached hydrogens (tertiary/aromatic N) is 2. The Hall–Kier alpha value is -4.31. The van der Waals surface area contributed by atoms with E-state index in [9.17, 15) is 14.4 Å². The van der Waals surface area contributed by atoms with Gasteiger partial charge in [0.2, 0.25) is 11.8 Å². The number of aromatic nitrogens is 1. The zero-order chi connectivity index (χ0) is 31.8. The summed E-state index contributed by atoms with van der Waals surface area (Å²) in [6.45, 7) is 4.09. The van der Waals surface area contributed by atoms with Crippen LogP contribution in [0.1, 0.15) is 34.1 Å². The van der Waals surface area contributed by atoms with Crippen LogP contribution in [0.5, 0.6) is 11.5 Å². The first-order valence-corrected chi connectivity index (χ1v) is 14.6. The Bertz CT molecular complexity index is 1730. The smallest absolute Gasteiger partial charge is 0.251 e. The molecule has 45 heavy (non-hydrogen) atoms. The molecule has 4 aromatic rings. The van der Waals surface area contributed by atoms with E-state index in [-0.39, 0.29) is 36.5 Å². The highest BCUT2D eigenvalue weighted by atomic mass is 35.5. The molecule has 0 bridgehead atoms. The molecule has 0 atom stereocenters. The van der Waals surface area contributed by atoms with Crippen molar-refractivity contribution in [2.24, 2.45) is 0 Å². The number of hydrogen-bond donors (Lipinski definition) is 2. The van der Waals surface area contributed by atoms with E-state index >= 15 is 0 Å². The van der Waals surface area contributed by atoms with E-state index in [4.69, 9.17) is 32.7 Å². The van der Waals surface area contributed by atoms with Crippen molar-refractivity contribution in [3.05, 3.63) is 99.2 Å². The lowest BCUT2D eigenvalue weighted by molar-refractivity contribution is -0.122. The number of amides is 3. The second kappa shape index (κ2) is 16.1. The number of carbonyl (C=O) groups is 3. The number of aryl methyl sites for hydroxylation is 1. The fourth-order valence-electron chi connectivity index (χ4n) is 4.37. The van der Waals surface area contributed by atoms with Crippen molar-refractivity contribution < 1.29 is 23.9 Å². The van der Waals surface area contributed by atoms with Crippen molar-refractivity contribution in [2.45, 2.75) is 20.5 Å². The summed E-state index contributed by atoms with van der Waals surface area (Å²) in [7, 11) is 3.11. The first-order valence-electron chi connectivity index (χ1n) is 13.8. The largest absolute Gasteiger partial charge is 0.493 e. The molecule has 12 heteroatoms. The normalized spacial score (nSPS) is 10.7. The second-order valence-corrected chi connectivity index (χ2v) is 10.5. The van der Waals surface area contributed by atoms with E-state index in [0.29, 0.717) is 39.7 Å². The van der Waals surface area contributed by atoms with Crippen LogP contribution in [0.15, 0.2) is 66.7 Å². The lowest BCUT2D eigenvalue weighted by Crippen LogP contribution is -2.37. The molecule has 1 aromatic heterocycles. The summed E-state index contributed by atoms with van der Waals surface area (Å²) in [5.74, 6) is 0.208. The second-order valence-electron chi connectivity index (χ2n) is 9.70. The van der Waals surface area contributed by atoms with Crippen LogP contribution in [-0.4, -0.2) is 50.0 Å². The van der Waals surface area contributed by atoms with Gasteiger partial charge in [-0.15, -0.1) is 12.4 Å². The van der Waals surface area contributed by atoms with Crippen molar-refractivity contribution in [3.8, 4) is 11.5 Å². The molecule has 3 aromatic carbocycles. The number of hydrogen-bond acceptors (Lipinski definition) is 6. The van der Waals surface area contributed by atoms with Crippen LogP contribution in [0.25, 0.3) is 17.0 Å². The standard InChI is InChI=1S/C33H32Cl2N4O5.ClH/c1-5-43-28-17-20(2)38-32-23(28)7-6-8-27(32)44-19-24-25(34)14-15-26(31(24)35)39(4)30(41)18-37-29(40)16-11-21-9-12-22(13-10-21)33(42)36-3;/h6-17H,5,18-19H2,1-4H3,(H,36,42)(H,37,40);1H/b16-11+;. The van der Waals surface area contributed by atoms with E-state index in [1.54, 1.807) is 56.6 Å². The van der Waals surface area contributed by atoms with Gasteiger partial charge in [0.1, 0.15) is 23.6 Å². The van der Waals surface area contributed by atoms with Crippen LogP contribution >= 0.6 is 35.6 Å². The van der Waals surface area contributed by atoms with Gasteiger partial charge in [0.05, 0.1) is 23.9 Å². The first kappa shape index (κ1) is 35.2. The van der Waals surface area contributed by atoms with Gasteiger partial charge in [0.25, 0.3) is 5.91 Å². The minimum absolute atomic E-state index is 0. The molecule has 0 spiro atoms. The number of rotatable bonds is 11. The lowest BCUT2D eigenvalue weighted by Gasteiger charge is -2.21. The Morgan fingerprint density at radius 3 is 2.42 bits per heavy atom. The molecule has 9 nitrogen and oxygen atoms in total. The summed E-state index contributed by atoms with van der Waals surface area (Å²) >= 11 is 13.2. The quantitative estimate of drug-likeness (QED) is 0.179. The van der Waals surface area contributed by atoms with Gasteiger partial charge in [-0.3, -0.25) is 14.4 Å². The van der Waals surface area contributed by atoms with Crippen LogP contribution in [-0.2, 0) is 16.2 Å². The first-order chi connectivity index (χ1) is 21.1. The zero-order valence-corrected chi connectivity index (χ0v) is 27.5. The lowest BCUT2D eigenvalue weighted by atomic mass is 10.1. The van der Waals surface area contributed by atoms with Gasteiger partial charge >= 0.3 is 0 Å². The maximum Gasteiger partial charge on any atom is 0.251 e. The summed E-state index contributed by atoms with van der Waals surface area (Å²) in [4.78, 5) is 43.0. The molecule has 1 heterocycles. The summed E-state index contributed by atoms with van der Waals surface area (Å²) in [5, 5.41) is 6.57. The van der Waals surface area contributed by atoms with Crippen LogP contribution in [0.4, 0.5) is 5.69 Å². The van der Waals surface area contributed by atoms with E-state index in [0.717, 1.165) is 22.4 Å². The number of para-hydroxylation sites is 1. The number of ether oxygens (including phenoxy) is 2. The molecular formula is C33H33Cl3N4O5. The van der Waals surface area contributed by atoms with E-state index in [1.165, 1.54) is 11.0 Å². The highest BCUT2D eigenvalue weighted by Crippen LogP contribution is 2.36. The Morgan fingerprint density at radius 1 is 1.00 bits per heavy atom. The topological polar surface area (TPSA) is 110 Å². The van der Waals surface area contributed by atoms with Crippen molar-refractivity contribution in [2.75, 3.05) is 32.1 Å². The molecule has 3 amide bonds. The third kappa shape index (κ3) is 8.66. The van der Waals surface area contributed by atoms with Gasteiger partial charge in [-0.25, -0.2) is 4.98 Å². The maximum absolute atomic E-state index is 12.9. The highest BCUT2D eigenvalue weighted by Gasteiger charge is 2.20. The van der Waals surface area contributed by atoms with Gasteiger partial charge in [-0.05, 0) is 61.9 Å². The van der Waals surface area contributed by atoms with Crippen molar-refractivity contribution in [1.82, 2.24) is 15.6 Å². The number of halogens is 3. The summed E-state index contributed by atoms with van der Waals surface area (Å²) in [5.41, 5.74) is 3.57. The molecule has 0 aliphatic carbocycles. The van der Waals surface area contributed by atoms with E-state index in [1.807, 2.05) is 38.1 Å². The fourth-order valence-corrected chi connectivity index (χ4v) is 4.97. The van der Waals surface area contributed by atoms with E-state index in [2.05, 4.69) is 15.6 Å². The molecular weight excluding hydrogens is 639 g/mol. The Morgan fingerprint density at radius 2 is 1.73 bits per heavy atom. The predicted molar refractivity (Wildman–Crippen MR) is 181 cm³/mol. The van der Waals surface area contributed by atoms with Crippen LogP contribution < -0.4 is 25.0 Å². The number of likely N-dealkylation sites (N-methyl/N-ethyl adjacent to an activating group) is 1. The molecule has 0 saturated carbocycles. The van der Waals surface area contributed by atoms with Gasteiger partial charge < -0.3 is 25.0 Å². The summed E-state index contributed by atoms with van der Waals surface area (Å²) in [6.07, 6.45) is 2.90. The third-order valence-electron chi connectivity index (χ3n) is 6.71. The maximum atomic E-state index is 12.9. The molecule has 236 valence electrons. The Kier molecular flexibility index (Phi) is 12.6. The van der Waals surface area contributed by atoms with Gasteiger partial charge in [0, 0.05) is 53.5 Å². The molecule has 0 aliphatic heterocycles. The van der Waals surface area contributed by atoms with Gasteiger partial charge in [0.15, 0.2) is 0 Å². The predicted octanol–water partition coefficient (Wildman–Crippen LogP) is 6.40. The third-order valence-corrected chi connectivity index (χ3v) is 7.48. The number of nitrogens with one attached hydrogen (secondary N) is 2. The van der Waals surface area contributed by atoms with E-state index < -0.39 is 11.8 Å². The Balaban J connectivity index is 0.00000552. The molecule has 0 aliphatic rings. The number of benzene rings is 3. The minimum Gasteiger partial charge on any atom is -0.493 e. The molecule has 0 saturated heterocycles. The Labute approximate surface area is 277 Å². The van der Waals surface area contributed by atoms with Crippen LogP contribution in [0, 0.1) is 6.92 Å². The van der Waals surface area contributed by atoms with Crippen molar-refractivity contribution in [3.63, 3.8) is 0 Å². The monoisotopic (exact) mass is 670 g/mol. The number of pyridine rings is 1. The number of anilines is 1. The van der Waals surface area contributed by atoms with Crippen LogP contribution in [0.2, 0.25) is 10.0 Å². The molecule has 2 N–H and O–H groups in total. The number of fused-ring (bicyclic) bond motifs is 1. The van der Waals surface area contributed by atoms with Gasteiger partial charge in [-0.2, -0.15) is 0 Å². The van der Waals surface area contributed by atoms with Gasteiger partial charge in [-0.1, -0.05) is 41.4 Å². The SMILES string of the molecule is CCOc1cc(C)nc2c(OCc3c(Cl)ccc(N(C)C(=O)CNC(=O)/C=C/c4ccc(C(=O)NC)cc4)c3Cl)cccc12.Cl. The van der Waals surface area contributed by atoms with Crippen molar-refractivity contribution >= 4 is 76.0 Å². The summed E-state index contributed by atoms with van der Waals surface area (Å²) in [6, 6.07) is 17.5. The number of carbonyl (C=O) groups excluding carboxylic acids is 3. The molecule has 0 radical (unpaired) electrons. The molecule has 0 unspecified atom stereocenters. The fraction of sp³-hybridized carbons (Fsp3) is 0.212. The van der Waals surface area contributed by atoms with Crippen LogP contribution in [0.3, 0.4) is 0 Å². The molecule has 0 fully saturated rings. The average molecular weight is 672 g/mol. The highest BCUT2D eigenvalue weighted by molar-refractivity contribution is 6.38. The minimum atomic E-state index is -0.454. The summed E-state index contributed by atoms with van der Waals surface area (Å²) < 4.78 is 11.9. The zero-order valence-electron chi connectivity index (χ0n) is 25.1. The average Bonchev–Trinajstić information content (AvgIpc) is 3.02. The molecule has 4 rings (SSSR count). The van der Waals surface area contributed by atoms with Crippen molar-refractivity contribution in [1.29, 1.82) is 0 Å².